The second kappa shape index (κ2) is 10.3. The summed E-state index contributed by atoms with van der Waals surface area (Å²) in [7, 11) is 0. The van der Waals surface area contributed by atoms with Crippen LogP contribution in [0.15, 0.2) is 72.3 Å². The van der Waals surface area contributed by atoms with Crippen molar-refractivity contribution in [3.63, 3.8) is 0 Å². The minimum absolute atomic E-state index is 0.328. The fourth-order valence-electron chi connectivity index (χ4n) is 9.29. The molecule has 37 heavy (non-hydrogen) atoms. The summed E-state index contributed by atoms with van der Waals surface area (Å²) >= 11 is 0. The standard InChI is InChI=1S/C35H46O2/c1-25(36-23-26-10-6-4-7-11-26)31-16-17-32-30-15-14-28-22-29(37-24-27-12-8-5-9-13-27)18-20-34(28,2)33(30)19-21-35(31,32)3/h4-14,25,29-33H,15-24H2,1-3H3/t25-,29+,30+,31?,32+,33+,34+,35-/m1/s1. The highest BCUT2D eigenvalue weighted by Crippen LogP contribution is 2.66. The predicted octanol–water partition coefficient (Wildman–Crippen LogP) is 8.76. The van der Waals surface area contributed by atoms with Crippen LogP contribution in [0.5, 0.6) is 0 Å². The van der Waals surface area contributed by atoms with Crippen molar-refractivity contribution in [1.29, 1.82) is 0 Å². The third-order valence-electron chi connectivity index (χ3n) is 11.4. The lowest BCUT2D eigenvalue weighted by Crippen LogP contribution is -2.51. The molecule has 1 unspecified atom stereocenters. The number of ether oxygens (including phenoxy) is 2. The lowest BCUT2D eigenvalue weighted by molar-refractivity contribution is -0.0874. The highest BCUT2D eigenvalue weighted by atomic mass is 16.5. The van der Waals surface area contributed by atoms with Crippen LogP contribution in [0.3, 0.4) is 0 Å². The van der Waals surface area contributed by atoms with Gasteiger partial charge in [0, 0.05) is 0 Å². The van der Waals surface area contributed by atoms with Gasteiger partial charge in [-0.15, -0.1) is 0 Å². The summed E-state index contributed by atoms with van der Waals surface area (Å²) in [5.41, 5.74) is 5.10. The summed E-state index contributed by atoms with van der Waals surface area (Å²) in [6.07, 6.45) is 13.8. The monoisotopic (exact) mass is 498 g/mol. The predicted molar refractivity (Wildman–Crippen MR) is 151 cm³/mol. The maximum Gasteiger partial charge on any atom is 0.0720 e. The van der Waals surface area contributed by atoms with E-state index in [-0.39, 0.29) is 0 Å². The second-order valence-electron chi connectivity index (χ2n) is 13.2. The Bertz CT molecular complexity index is 1080. The number of allylic oxidation sites excluding steroid dienone is 1. The first-order chi connectivity index (χ1) is 18.0. The van der Waals surface area contributed by atoms with E-state index in [0.29, 0.717) is 29.0 Å². The highest BCUT2D eigenvalue weighted by molar-refractivity contribution is 5.26. The van der Waals surface area contributed by atoms with Gasteiger partial charge in [-0.25, -0.2) is 0 Å². The number of rotatable bonds is 7. The van der Waals surface area contributed by atoms with Crippen LogP contribution in [0, 0.1) is 34.5 Å². The first-order valence-corrected chi connectivity index (χ1v) is 15.0. The van der Waals surface area contributed by atoms with E-state index < -0.39 is 0 Å². The molecule has 4 aliphatic carbocycles. The van der Waals surface area contributed by atoms with Gasteiger partial charge < -0.3 is 9.47 Å². The molecule has 2 nitrogen and oxygen atoms in total. The zero-order valence-corrected chi connectivity index (χ0v) is 23.2. The van der Waals surface area contributed by atoms with Gasteiger partial charge in [0.25, 0.3) is 0 Å². The molecule has 2 aromatic carbocycles. The van der Waals surface area contributed by atoms with E-state index in [2.05, 4.69) is 87.5 Å². The van der Waals surface area contributed by atoms with Gasteiger partial charge in [-0.3, -0.25) is 0 Å². The summed E-state index contributed by atoms with van der Waals surface area (Å²) in [4.78, 5) is 0. The molecule has 3 saturated carbocycles. The molecular weight excluding hydrogens is 452 g/mol. The summed E-state index contributed by atoms with van der Waals surface area (Å²) in [5.74, 6) is 3.23. The van der Waals surface area contributed by atoms with E-state index in [1.165, 1.54) is 56.1 Å². The van der Waals surface area contributed by atoms with Gasteiger partial charge in [0.1, 0.15) is 0 Å². The van der Waals surface area contributed by atoms with Crippen LogP contribution in [-0.2, 0) is 22.7 Å². The quantitative estimate of drug-likeness (QED) is 0.355. The molecule has 0 spiro atoms. The van der Waals surface area contributed by atoms with E-state index in [1.807, 2.05) is 0 Å². The molecule has 0 bridgehead atoms. The van der Waals surface area contributed by atoms with E-state index in [9.17, 15) is 0 Å². The van der Waals surface area contributed by atoms with E-state index >= 15 is 0 Å². The Morgan fingerprint density at radius 3 is 2.24 bits per heavy atom. The molecule has 0 N–H and O–H groups in total. The van der Waals surface area contributed by atoms with Gasteiger partial charge in [-0.1, -0.05) is 86.2 Å². The van der Waals surface area contributed by atoms with E-state index in [1.54, 1.807) is 5.57 Å². The van der Waals surface area contributed by atoms with Crippen molar-refractivity contribution in [1.82, 2.24) is 0 Å². The molecule has 198 valence electrons. The summed E-state index contributed by atoms with van der Waals surface area (Å²) < 4.78 is 12.9. The van der Waals surface area contributed by atoms with Crippen molar-refractivity contribution in [3.8, 4) is 0 Å². The van der Waals surface area contributed by atoms with E-state index in [0.717, 1.165) is 37.4 Å². The number of hydrogen-bond donors (Lipinski definition) is 0. The molecule has 0 amide bonds. The Balaban J connectivity index is 1.11. The lowest BCUT2D eigenvalue weighted by atomic mass is 9.47. The Hall–Kier alpha value is -1.90. The fraction of sp³-hybridized carbons (Fsp3) is 0.600. The van der Waals surface area contributed by atoms with Crippen molar-refractivity contribution >= 4 is 0 Å². The lowest BCUT2D eigenvalue weighted by Gasteiger charge is -2.58. The Morgan fingerprint density at radius 1 is 0.811 bits per heavy atom. The van der Waals surface area contributed by atoms with Crippen molar-refractivity contribution in [2.24, 2.45) is 34.5 Å². The number of fused-ring (bicyclic) bond motifs is 5. The van der Waals surface area contributed by atoms with Crippen molar-refractivity contribution in [2.75, 3.05) is 0 Å². The maximum absolute atomic E-state index is 6.51. The maximum atomic E-state index is 6.51. The molecule has 0 saturated heterocycles. The fourth-order valence-corrected chi connectivity index (χ4v) is 9.29. The average Bonchev–Trinajstić information content (AvgIpc) is 3.29. The molecule has 2 aromatic rings. The minimum Gasteiger partial charge on any atom is -0.374 e. The normalized spacial score (nSPS) is 37.7. The molecule has 6 rings (SSSR count). The Labute approximate surface area is 224 Å². The zero-order valence-electron chi connectivity index (χ0n) is 23.2. The number of benzene rings is 2. The van der Waals surface area contributed by atoms with Crippen LogP contribution in [-0.4, -0.2) is 12.2 Å². The summed E-state index contributed by atoms with van der Waals surface area (Å²) in [6.45, 7) is 9.08. The van der Waals surface area contributed by atoms with Gasteiger partial charge in [0.05, 0.1) is 25.4 Å². The third kappa shape index (κ3) is 4.74. The van der Waals surface area contributed by atoms with Crippen molar-refractivity contribution < 1.29 is 9.47 Å². The Morgan fingerprint density at radius 2 is 1.51 bits per heavy atom. The van der Waals surface area contributed by atoms with Gasteiger partial charge >= 0.3 is 0 Å². The topological polar surface area (TPSA) is 18.5 Å². The SMILES string of the molecule is C[C@@H](OCc1ccccc1)C1CC[C@H]2[C@@H]3CC=C4C[C@@H](OCc5ccccc5)CC[C@]4(C)[C@H]3CC[C@]12C. The first-order valence-electron chi connectivity index (χ1n) is 15.0. The van der Waals surface area contributed by atoms with Crippen LogP contribution in [0.2, 0.25) is 0 Å². The van der Waals surface area contributed by atoms with E-state index in [4.69, 9.17) is 9.47 Å². The minimum atomic E-state index is 0.328. The first kappa shape index (κ1) is 25.4. The van der Waals surface area contributed by atoms with Gasteiger partial charge in [0.15, 0.2) is 0 Å². The largest absolute Gasteiger partial charge is 0.374 e. The van der Waals surface area contributed by atoms with Crippen LogP contribution in [0.1, 0.15) is 83.3 Å². The molecule has 0 heterocycles. The molecule has 4 aliphatic rings. The van der Waals surface area contributed by atoms with Gasteiger partial charge in [-0.2, -0.15) is 0 Å². The smallest absolute Gasteiger partial charge is 0.0720 e. The molecule has 0 aliphatic heterocycles. The molecule has 0 radical (unpaired) electrons. The van der Waals surface area contributed by atoms with Crippen molar-refractivity contribution in [3.05, 3.63) is 83.4 Å². The van der Waals surface area contributed by atoms with Crippen LogP contribution in [0.25, 0.3) is 0 Å². The molecule has 3 fully saturated rings. The molecule has 8 atom stereocenters. The Kier molecular flexibility index (Phi) is 7.10. The zero-order chi connectivity index (χ0) is 25.5. The van der Waals surface area contributed by atoms with Crippen LogP contribution >= 0.6 is 0 Å². The van der Waals surface area contributed by atoms with Crippen molar-refractivity contribution in [2.45, 2.75) is 97.6 Å². The van der Waals surface area contributed by atoms with Crippen LogP contribution in [0.4, 0.5) is 0 Å². The summed E-state index contributed by atoms with van der Waals surface area (Å²) in [6, 6.07) is 21.4. The van der Waals surface area contributed by atoms with Crippen LogP contribution < -0.4 is 0 Å². The highest BCUT2D eigenvalue weighted by Gasteiger charge is 2.59. The molecular formula is C35H46O2. The molecule has 0 aromatic heterocycles. The van der Waals surface area contributed by atoms with Gasteiger partial charge in [0.2, 0.25) is 0 Å². The van der Waals surface area contributed by atoms with Gasteiger partial charge in [-0.05, 0) is 104 Å². The average molecular weight is 499 g/mol. The summed E-state index contributed by atoms with van der Waals surface area (Å²) in [5, 5.41) is 0. The number of hydrogen-bond acceptors (Lipinski definition) is 2. The third-order valence-corrected chi connectivity index (χ3v) is 11.4. The second-order valence-corrected chi connectivity index (χ2v) is 13.2. The molecule has 2 heteroatoms.